The maximum absolute atomic E-state index is 13.6. The van der Waals surface area contributed by atoms with Crippen LogP contribution in [0.3, 0.4) is 0 Å². The molecule has 1 amide bonds. The predicted octanol–water partition coefficient (Wildman–Crippen LogP) is 3.75. The van der Waals surface area contributed by atoms with Crippen molar-refractivity contribution in [3.05, 3.63) is 64.7 Å². The van der Waals surface area contributed by atoms with Crippen molar-refractivity contribution in [2.75, 3.05) is 45.3 Å². The van der Waals surface area contributed by atoms with Crippen molar-refractivity contribution < 1.29 is 14.3 Å². The minimum atomic E-state index is 0.0130. The van der Waals surface area contributed by atoms with Gasteiger partial charge in [-0.2, -0.15) is 0 Å². The highest BCUT2D eigenvalue weighted by Gasteiger charge is 2.26. The quantitative estimate of drug-likeness (QED) is 0.421. The molecular formula is C24H26N4O3S. The number of carbonyl (C=O) groups excluding carboxylic acids is 1. The second-order valence-electron chi connectivity index (χ2n) is 7.42. The average molecular weight is 451 g/mol. The van der Waals surface area contributed by atoms with Gasteiger partial charge < -0.3 is 19.3 Å². The highest BCUT2D eigenvalue weighted by atomic mass is 32.1. The molecule has 166 valence electrons. The SMILES string of the molecule is COc1ccc(/C=C(/C(=O)N2CCN(c3nnc(C)s3)CC2)c2ccccc2)cc1OC. The van der Waals surface area contributed by atoms with Crippen molar-refractivity contribution in [3.8, 4) is 11.5 Å². The van der Waals surface area contributed by atoms with Gasteiger partial charge in [0, 0.05) is 31.8 Å². The van der Waals surface area contributed by atoms with Crippen molar-refractivity contribution >= 4 is 34.0 Å². The number of aryl methyl sites for hydroxylation is 1. The van der Waals surface area contributed by atoms with E-state index in [1.807, 2.05) is 66.4 Å². The molecule has 3 aromatic rings. The number of methoxy groups -OCH3 is 2. The third-order valence-electron chi connectivity index (χ3n) is 5.39. The van der Waals surface area contributed by atoms with E-state index in [2.05, 4.69) is 15.1 Å². The van der Waals surface area contributed by atoms with Crippen molar-refractivity contribution in [2.45, 2.75) is 6.92 Å². The highest BCUT2D eigenvalue weighted by molar-refractivity contribution is 7.15. The van der Waals surface area contributed by atoms with E-state index in [0.717, 1.165) is 34.4 Å². The molecule has 0 unspecified atom stereocenters. The standard InChI is InChI=1S/C24H26N4O3S/c1-17-25-26-24(32-17)28-13-11-27(12-14-28)23(29)20(19-7-5-4-6-8-19)15-18-9-10-21(30-2)22(16-18)31-3/h4-10,15-16H,11-14H2,1-3H3/b20-15+. The number of hydrogen-bond acceptors (Lipinski definition) is 7. The number of hydrogen-bond donors (Lipinski definition) is 0. The van der Waals surface area contributed by atoms with Crippen LogP contribution in [0.25, 0.3) is 11.6 Å². The fourth-order valence-corrected chi connectivity index (χ4v) is 4.42. The Morgan fingerprint density at radius 1 is 0.969 bits per heavy atom. The number of anilines is 1. The Morgan fingerprint density at radius 2 is 1.69 bits per heavy atom. The first-order valence-electron chi connectivity index (χ1n) is 10.4. The van der Waals surface area contributed by atoms with Crippen LogP contribution in [0.5, 0.6) is 11.5 Å². The van der Waals surface area contributed by atoms with E-state index < -0.39 is 0 Å². The number of benzene rings is 2. The largest absolute Gasteiger partial charge is 0.493 e. The van der Waals surface area contributed by atoms with Gasteiger partial charge >= 0.3 is 0 Å². The molecule has 2 aromatic carbocycles. The zero-order chi connectivity index (χ0) is 22.5. The van der Waals surface area contributed by atoms with Gasteiger partial charge in [0.2, 0.25) is 5.13 Å². The molecule has 2 heterocycles. The number of piperazine rings is 1. The molecule has 0 aliphatic carbocycles. The highest BCUT2D eigenvalue weighted by Crippen LogP contribution is 2.30. The Balaban J connectivity index is 1.59. The summed E-state index contributed by atoms with van der Waals surface area (Å²) in [5.74, 6) is 1.29. The van der Waals surface area contributed by atoms with Crippen LogP contribution in [0.2, 0.25) is 0 Å². The number of carbonyl (C=O) groups is 1. The predicted molar refractivity (Wildman–Crippen MR) is 127 cm³/mol. The summed E-state index contributed by atoms with van der Waals surface area (Å²) in [5, 5.41) is 10.2. The summed E-state index contributed by atoms with van der Waals surface area (Å²) in [6, 6.07) is 15.4. The third-order valence-corrected chi connectivity index (χ3v) is 6.29. The molecule has 1 aromatic heterocycles. The Morgan fingerprint density at radius 3 is 2.31 bits per heavy atom. The third kappa shape index (κ3) is 4.75. The molecule has 1 aliphatic heterocycles. The van der Waals surface area contributed by atoms with Crippen molar-refractivity contribution in [3.63, 3.8) is 0 Å². The molecule has 32 heavy (non-hydrogen) atoms. The number of nitrogens with zero attached hydrogens (tertiary/aromatic N) is 4. The summed E-state index contributed by atoms with van der Waals surface area (Å²) in [6.07, 6.45) is 1.92. The number of ether oxygens (including phenoxy) is 2. The van der Waals surface area contributed by atoms with Crippen LogP contribution in [0.1, 0.15) is 16.1 Å². The van der Waals surface area contributed by atoms with Crippen molar-refractivity contribution in [2.24, 2.45) is 0 Å². The monoisotopic (exact) mass is 450 g/mol. The molecule has 1 fully saturated rings. The van der Waals surface area contributed by atoms with E-state index in [-0.39, 0.29) is 5.91 Å². The smallest absolute Gasteiger partial charge is 0.254 e. The summed E-state index contributed by atoms with van der Waals surface area (Å²) in [6.45, 7) is 4.69. The summed E-state index contributed by atoms with van der Waals surface area (Å²) >= 11 is 1.58. The van der Waals surface area contributed by atoms with E-state index in [0.29, 0.717) is 30.2 Å². The van der Waals surface area contributed by atoms with Gasteiger partial charge in [-0.05, 0) is 36.3 Å². The minimum absolute atomic E-state index is 0.0130. The van der Waals surface area contributed by atoms with Gasteiger partial charge in [-0.25, -0.2) is 0 Å². The number of aromatic nitrogens is 2. The Hall–Kier alpha value is -3.39. The van der Waals surface area contributed by atoms with E-state index in [1.165, 1.54) is 0 Å². The maximum atomic E-state index is 13.6. The molecule has 1 saturated heterocycles. The van der Waals surface area contributed by atoms with Crippen molar-refractivity contribution in [1.29, 1.82) is 0 Å². The minimum Gasteiger partial charge on any atom is -0.493 e. The fourth-order valence-electron chi connectivity index (χ4n) is 3.68. The zero-order valence-electron chi connectivity index (χ0n) is 18.4. The van der Waals surface area contributed by atoms with Gasteiger partial charge in [0.25, 0.3) is 5.91 Å². The Labute approximate surface area is 191 Å². The normalized spacial score (nSPS) is 14.4. The molecule has 0 saturated carbocycles. The molecule has 0 spiro atoms. The molecular weight excluding hydrogens is 424 g/mol. The van der Waals surface area contributed by atoms with Crippen LogP contribution in [0.15, 0.2) is 48.5 Å². The first-order valence-corrected chi connectivity index (χ1v) is 11.2. The van der Waals surface area contributed by atoms with E-state index in [4.69, 9.17) is 9.47 Å². The molecule has 7 nitrogen and oxygen atoms in total. The van der Waals surface area contributed by atoms with Crippen LogP contribution in [-0.4, -0.2) is 61.4 Å². The lowest BCUT2D eigenvalue weighted by Gasteiger charge is -2.34. The molecule has 0 radical (unpaired) electrons. The zero-order valence-corrected chi connectivity index (χ0v) is 19.3. The van der Waals surface area contributed by atoms with Gasteiger partial charge in [0.05, 0.1) is 14.2 Å². The Kier molecular flexibility index (Phi) is 6.70. The van der Waals surface area contributed by atoms with Crippen LogP contribution in [-0.2, 0) is 4.79 Å². The molecule has 0 bridgehead atoms. The van der Waals surface area contributed by atoms with Crippen LogP contribution in [0, 0.1) is 6.92 Å². The molecule has 1 aliphatic rings. The van der Waals surface area contributed by atoms with Crippen LogP contribution < -0.4 is 14.4 Å². The second-order valence-corrected chi connectivity index (χ2v) is 8.58. The van der Waals surface area contributed by atoms with Crippen molar-refractivity contribution in [1.82, 2.24) is 15.1 Å². The first-order chi connectivity index (χ1) is 15.6. The van der Waals surface area contributed by atoms with E-state index in [9.17, 15) is 4.79 Å². The molecule has 4 rings (SSSR count). The van der Waals surface area contributed by atoms with Crippen LogP contribution in [0.4, 0.5) is 5.13 Å². The van der Waals surface area contributed by atoms with Gasteiger partial charge in [0.15, 0.2) is 11.5 Å². The molecule has 0 atom stereocenters. The van der Waals surface area contributed by atoms with Gasteiger partial charge in [-0.1, -0.05) is 47.7 Å². The van der Waals surface area contributed by atoms with Crippen LogP contribution >= 0.6 is 11.3 Å². The summed E-state index contributed by atoms with van der Waals surface area (Å²) < 4.78 is 10.8. The maximum Gasteiger partial charge on any atom is 0.254 e. The van der Waals surface area contributed by atoms with Gasteiger partial charge in [-0.3, -0.25) is 4.79 Å². The summed E-state index contributed by atoms with van der Waals surface area (Å²) in [4.78, 5) is 17.7. The number of rotatable bonds is 6. The second kappa shape index (κ2) is 9.82. The lowest BCUT2D eigenvalue weighted by Crippen LogP contribution is -2.49. The van der Waals surface area contributed by atoms with E-state index >= 15 is 0 Å². The number of amides is 1. The van der Waals surface area contributed by atoms with Gasteiger partial charge in [0.1, 0.15) is 5.01 Å². The fraction of sp³-hybridized carbons (Fsp3) is 0.292. The Bertz CT molecular complexity index is 1110. The van der Waals surface area contributed by atoms with E-state index in [1.54, 1.807) is 25.6 Å². The molecule has 8 heteroatoms. The van der Waals surface area contributed by atoms with Gasteiger partial charge in [-0.15, -0.1) is 10.2 Å². The molecule has 0 N–H and O–H groups in total. The summed E-state index contributed by atoms with van der Waals surface area (Å²) in [5.41, 5.74) is 2.41. The lowest BCUT2D eigenvalue weighted by molar-refractivity contribution is -0.125. The summed E-state index contributed by atoms with van der Waals surface area (Å²) in [7, 11) is 3.21. The topological polar surface area (TPSA) is 67.8 Å². The lowest BCUT2D eigenvalue weighted by atomic mass is 10.0. The average Bonchev–Trinajstić information content (AvgIpc) is 3.28. The first kappa shape index (κ1) is 21.8.